The van der Waals surface area contributed by atoms with Crippen LogP contribution in [0.2, 0.25) is 0 Å². The lowest BCUT2D eigenvalue weighted by atomic mass is 10.0. The van der Waals surface area contributed by atoms with Gasteiger partial charge in [0.1, 0.15) is 0 Å². The second-order valence-corrected chi connectivity index (χ2v) is 8.90. The summed E-state index contributed by atoms with van der Waals surface area (Å²) in [6.07, 6.45) is 18.7. The van der Waals surface area contributed by atoms with Crippen LogP contribution < -0.4 is 4.90 Å². The highest BCUT2D eigenvalue weighted by molar-refractivity contribution is 5.91. The number of aryl methyl sites for hydroxylation is 1. The highest BCUT2D eigenvalue weighted by Gasteiger charge is 2.12. The van der Waals surface area contributed by atoms with Crippen LogP contribution in [0, 0.1) is 6.92 Å². The van der Waals surface area contributed by atoms with E-state index < -0.39 is 0 Å². The van der Waals surface area contributed by atoms with E-state index in [0.29, 0.717) is 12.2 Å². The minimum atomic E-state index is -0.182. The average Bonchev–Trinajstić information content (AvgIpc) is 2.77. The lowest BCUT2D eigenvalue weighted by Crippen LogP contribution is -2.22. The number of ether oxygens (including phenoxy) is 1. The van der Waals surface area contributed by atoms with Crippen molar-refractivity contribution >= 4 is 11.7 Å². The molecule has 0 unspecified atom stereocenters. The van der Waals surface area contributed by atoms with Crippen LogP contribution in [0.15, 0.2) is 18.2 Å². The van der Waals surface area contributed by atoms with Crippen molar-refractivity contribution in [1.29, 1.82) is 0 Å². The summed E-state index contributed by atoms with van der Waals surface area (Å²) < 4.78 is 5.52. The predicted molar refractivity (Wildman–Crippen MR) is 135 cm³/mol. The summed E-state index contributed by atoms with van der Waals surface area (Å²) in [4.78, 5) is 14.7. The molecule has 178 valence electrons. The largest absolute Gasteiger partial charge is 0.462 e. The summed E-state index contributed by atoms with van der Waals surface area (Å²) in [5.41, 5.74) is 2.86. The number of esters is 1. The molecule has 0 aliphatic heterocycles. The van der Waals surface area contributed by atoms with Crippen molar-refractivity contribution in [2.75, 3.05) is 24.6 Å². The minimum absolute atomic E-state index is 0.182. The summed E-state index contributed by atoms with van der Waals surface area (Å²) in [6, 6.07) is 6.04. The quantitative estimate of drug-likeness (QED) is 0.162. The molecular formula is C28H49NO2. The maximum absolute atomic E-state index is 12.4. The Morgan fingerprint density at radius 2 is 1.23 bits per heavy atom. The fourth-order valence-electron chi connectivity index (χ4n) is 4.20. The van der Waals surface area contributed by atoms with E-state index in [2.05, 4.69) is 31.7 Å². The van der Waals surface area contributed by atoms with Crippen molar-refractivity contribution in [1.82, 2.24) is 0 Å². The molecule has 3 nitrogen and oxygen atoms in total. The molecule has 1 rings (SSSR count). The Morgan fingerprint density at radius 1 is 0.742 bits per heavy atom. The number of unbranched alkanes of at least 4 members (excludes halogenated alkanes) is 13. The summed E-state index contributed by atoms with van der Waals surface area (Å²) in [7, 11) is 0. The molecule has 0 fully saturated rings. The van der Waals surface area contributed by atoms with Gasteiger partial charge in [0.05, 0.1) is 12.2 Å². The molecule has 1 aromatic carbocycles. The summed E-state index contributed by atoms with van der Waals surface area (Å²) in [5, 5.41) is 0. The van der Waals surface area contributed by atoms with Gasteiger partial charge in [-0.25, -0.2) is 4.79 Å². The molecule has 0 saturated carbocycles. The van der Waals surface area contributed by atoms with Gasteiger partial charge in [0, 0.05) is 18.8 Å². The van der Waals surface area contributed by atoms with Crippen molar-refractivity contribution in [3.8, 4) is 0 Å². The Morgan fingerprint density at radius 3 is 1.68 bits per heavy atom. The molecule has 0 aliphatic rings. The number of nitrogens with zero attached hydrogens (tertiary/aromatic N) is 1. The molecule has 31 heavy (non-hydrogen) atoms. The standard InChI is InChI=1S/C28H49NO2/c1-5-8-9-10-11-12-13-14-15-16-17-18-19-20-23-31-28(30)27-22-21-26(24-25(27)4)29(6-2)7-3/h21-22,24H,5-20,23H2,1-4H3. The van der Waals surface area contributed by atoms with Crippen LogP contribution >= 0.6 is 0 Å². The smallest absolute Gasteiger partial charge is 0.338 e. The molecule has 0 N–H and O–H groups in total. The molecule has 0 aliphatic carbocycles. The highest BCUT2D eigenvalue weighted by atomic mass is 16.5. The van der Waals surface area contributed by atoms with Crippen LogP contribution in [0.4, 0.5) is 5.69 Å². The van der Waals surface area contributed by atoms with Crippen molar-refractivity contribution in [3.63, 3.8) is 0 Å². The van der Waals surface area contributed by atoms with E-state index in [1.54, 1.807) is 0 Å². The number of benzene rings is 1. The SMILES string of the molecule is CCCCCCCCCCCCCCCCOC(=O)c1ccc(N(CC)CC)cc1C. The molecular weight excluding hydrogens is 382 g/mol. The number of carbonyl (C=O) groups excluding carboxylic acids is 1. The van der Waals surface area contributed by atoms with E-state index >= 15 is 0 Å². The maximum Gasteiger partial charge on any atom is 0.338 e. The van der Waals surface area contributed by atoms with Crippen LogP contribution in [0.3, 0.4) is 0 Å². The van der Waals surface area contributed by atoms with Crippen molar-refractivity contribution < 1.29 is 9.53 Å². The Balaban J connectivity index is 2.04. The monoisotopic (exact) mass is 431 g/mol. The van der Waals surface area contributed by atoms with Gasteiger partial charge < -0.3 is 9.64 Å². The highest BCUT2D eigenvalue weighted by Crippen LogP contribution is 2.20. The Labute approximate surface area is 192 Å². The first-order valence-corrected chi connectivity index (χ1v) is 13.2. The number of carbonyl (C=O) groups is 1. The van der Waals surface area contributed by atoms with Gasteiger partial charge in [0.25, 0.3) is 0 Å². The van der Waals surface area contributed by atoms with Crippen LogP contribution in [0.25, 0.3) is 0 Å². The Kier molecular flexibility index (Phi) is 16.1. The predicted octanol–water partition coefficient (Wildman–Crippen LogP) is 8.48. The van der Waals surface area contributed by atoms with Crippen LogP contribution in [0.5, 0.6) is 0 Å². The molecule has 0 spiro atoms. The summed E-state index contributed by atoms with van der Waals surface area (Å²) in [6.45, 7) is 11.1. The minimum Gasteiger partial charge on any atom is -0.462 e. The molecule has 3 heteroatoms. The molecule has 1 aromatic rings. The third-order valence-corrected chi connectivity index (χ3v) is 6.29. The summed E-state index contributed by atoms with van der Waals surface area (Å²) >= 11 is 0. The third-order valence-electron chi connectivity index (χ3n) is 6.29. The normalized spacial score (nSPS) is 11.0. The third kappa shape index (κ3) is 12.2. The zero-order valence-corrected chi connectivity index (χ0v) is 21.0. The molecule has 0 bridgehead atoms. The number of hydrogen-bond acceptors (Lipinski definition) is 3. The van der Waals surface area contributed by atoms with E-state index in [1.165, 1.54) is 82.7 Å². The molecule has 0 saturated heterocycles. The molecule has 0 atom stereocenters. The van der Waals surface area contributed by atoms with E-state index in [1.807, 2.05) is 19.1 Å². The van der Waals surface area contributed by atoms with Crippen LogP contribution in [-0.2, 0) is 4.74 Å². The lowest BCUT2D eigenvalue weighted by molar-refractivity contribution is 0.0497. The van der Waals surface area contributed by atoms with Gasteiger partial charge in [0.15, 0.2) is 0 Å². The van der Waals surface area contributed by atoms with Gasteiger partial charge in [-0.15, -0.1) is 0 Å². The Bertz CT molecular complexity index is 580. The van der Waals surface area contributed by atoms with Gasteiger partial charge in [-0.05, 0) is 51.0 Å². The second-order valence-electron chi connectivity index (χ2n) is 8.90. The van der Waals surface area contributed by atoms with E-state index in [9.17, 15) is 4.79 Å². The van der Waals surface area contributed by atoms with E-state index in [0.717, 1.165) is 31.5 Å². The molecule has 0 amide bonds. The molecule has 0 heterocycles. The van der Waals surface area contributed by atoms with Crippen molar-refractivity contribution in [2.45, 2.75) is 118 Å². The zero-order valence-electron chi connectivity index (χ0n) is 21.0. The fourth-order valence-corrected chi connectivity index (χ4v) is 4.20. The van der Waals surface area contributed by atoms with Gasteiger partial charge in [-0.3, -0.25) is 0 Å². The Hall–Kier alpha value is -1.51. The first-order valence-electron chi connectivity index (χ1n) is 13.2. The van der Waals surface area contributed by atoms with Gasteiger partial charge in [0.2, 0.25) is 0 Å². The lowest BCUT2D eigenvalue weighted by Gasteiger charge is -2.22. The van der Waals surface area contributed by atoms with E-state index in [-0.39, 0.29) is 5.97 Å². The fraction of sp³-hybridized carbons (Fsp3) is 0.750. The molecule has 0 aromatic heterocycles. The zero-order chi connectivity index (χ0) is 22.7. The van der Waals surface area contributed by atoms with Crippen molar-refractivity contribution in [2.24, 2.45) is 0 Å². The van der Waals surface area contributed by atoms with Gasteiger partial charge in [-0.1, -0.05) is 90.4 Å². The van der Waals surface area contributed by atoms with Crippen LogP contribution in [0.1, 0.15) is 127 Å². The first kappa shape index (κ1) is 27.5. The summed E-state index contributed by atoms with van der Waals surface area (Å²) in [5.74, 6) is -0.182. The number of anilines is 1. The second kappa shape index (κ2) is 18.1. The average molecular weight is 432 g/mol. The van der Waals surface area contributed by atoms with Gasteiger partial charge in [-0.2, -0.15) is 0 Å². The molecule has 0 radical (unpaired) electrons. The van der Waals surface area contributed by atoms with E-state index in [4.69, 9.17) is 4.74 Å². The van der Waals surface area contributed by atoms with Crippen LogP contribution in [-0.4, -0.2) is 25.7 Å². The number of hydrogen-bond donors (Lipinski definition) is 0. The van der Waals surface area contributed by atoms with Crippen molar-refractivity contribution in [3.05, 3.63) is 29.3 Å². The number of rotatable bonds is 19. The first-order chi connectivity index (χ1) is 15.1. The topological polar surface area (TPSA) is 29.5 Å². The maximum atomic E-state index is 12.4. The van der Waals surface area contributed by atoms with Gasteiger partial charge >= 0.3 is 5.97 Å².